The minimum absolute atomic E-state index is 0.121. The molecule has 3 atom stereocenters. The number of benzene rings is 1. The third-order valence-corrected chi connectivity index (χ3v) is 3.98. The lowest BCUT2D eigenvalue weighted by Crippen LogP contribution is -2.54. The van der Waals surface area contributed by atoms with Crippen LogP contribution in [-0.2, 0) is 19.1 Å². The maximum Gasteiger partial charge on any atom is 0.408 e. The summed E-state index contributed by atoms with van der Waals surface area (Å²) in [6, 6.07) is 2.32. The summed E-state index contributed by atoms with van der Waals surface area (Å²) >= 11 is 0. The second kappa shape index (κ2) is 11.1. The largest absolute Gasteiger partial charge is 0.444 e. The lowest BCUT2D eigenvalue weighted by Gasteiger charge is -2.23. The molecule has 0 saturated carbocycles. The molecule has 4 amide bonds. The highest BCUT2D eigenvalue weighted by Gasteiger charge is 2.25. The van der Waals surface area contributed by atoms with Crippen LogP contribution in [0.3, 0.4) is 0 Å². The summed E-state index contributed by atoms with van der Waals surface area (Å²) in [7, 11) is 0. The van der Waals surface area contributed by atoms with Gasteiger partial charge >= 0.3 is 6.09 Å². The van der Waals surface area contributed by atoms with Crippen LogP contribution in [0.5, 0.6) is 0 Å². The van der Waals surface area contributed by atoms with Gasteiger partial charge in [-0.25, -0.2) is 4.79 Å². The fourth-order valence-corrected chi connectivity index (χ4v) is 2.27. The second-order valence-electron chi connectivity index (χ2n) is 8.12. The Morgan fingerprint density at radius 3 is 1.72 bits per heavy atom. The third-order valence-electron chi connectivity index (χ3n) is 3.98. The number of nitro benzene ring substituents is 1. The van der Waals surface area contributed by atoms with Gasteiger partial charge in [-0.1, -0.05) is 0 Å². The van der Waals surface area contributed by atoms with Crippen molar-refractivity contribution in [2.45, 2.75) is 65.3 Å². The number of anilines is 1. The topological polar surface area (TPSA) is 169 Å². The molecule has 0 fully saturated rings. The molecular weight excluding hydrogens is 422 g/mol. The van der Waals surface area contributed by atoms with Crippen molar-refractivity contribution < 1.29 is 28.8 Å². The summed E-state index contributed by atoms with van der Waals surface area (Å²) in [6.45, 7) is 9.35. The molecule has 0 heterocycles. The predicted octanol–water partition coefficient (Wildman–Crippen LogP) is 1.46. The Balaban J connectivity index is 2.53. The first-order chi connectivity index (χ1) is 14.7. The van der Waals surface area contributed by atoms with E-state index in [-0.39, 0.29) is 5.69 Å². The molecule has 1 aromatic carbocycles. The van der Waals surface area contributed by atoms with Crippen LogP contribution in [0.1, 0.15) is 41.5 Å². The van der Waals surface area contributed by atoms with Crippen molar-refractivity contribution in [2.75, 3.05) is 5.32 Å². The molecule has 0 saturated heterocycles. The van der Waals surface area contributed by atoms with Crippen molar-refractivity contribution in [3.8, 4) is 0 Å². The van der Waals surface area contributed by atoms with Gasteiger partial charge in [0.1, 0.15) is 23.7 Å². The van der Waals surface area contributed by atoms with Crippen molar-refractivity contribution in [3.05, 3.63) is 34.4 Å². The van der Waals surface area contributed by atoms with Gasteiger partial charge in [-0.05, 0) is 53.7 Å². The van der Waals surface area contributed by atoms with Gasteiger partial charge in [0.25, 0.3) is 5.69 Å². The van der Waals surface area contributed by atoms with E-state index in [4.69, 9.17) is 4.74 Å². The van der Waals surface area contributed by atoms with Gasteiger partial charge in [0.05, 0.1) is 4.92 Å². The predicted molar refractivity (Wildman–Crippen MR) is 116 cm³/mol. The van der Waals surface area contributed by atoms with E-state index in [2.05, 4.69) is 21.3 Å². The lowest BCUT2D eigenvalue weighted by atomic mass is 10.2. The van der Waals surface area contributed by atoms with Gasteiger partial charge in [-0.2, -0.15) is 0 Å². The number of amides is 4. The van der Waals surface area contributed by atoms with E-state index in [1.165, 1.54) is 45.0 Å². The van der Waals surface area contributed by atoms with Crippen LogP contribution in [0.2, 0.25) is 0 Å². The van der Waals surface area contributed by atoms with E-state index >= 15 is 0 Å². The van der Waals surface area contributed by atoms with E-state index in [0.29, 0.717) is 5.69 Å². The number of nitrogens with one attached hydrogen (secondary N) is 4. The van der Waals surface area contributed by atoms with Crippen molar-refractivity contribution in [2.24, 2.45) is 0 Å². The zero-order chi connectivity index (χ0) is 24.6. The Bertz CT molecular complexity index is 864. The van der Waals surface area contributed by atoms with E-state index in [1.807, 2.05) is 0 Å². The molecule has 0 aromatic heterocycles. The number of nitrogens with zero attached hydrogens (tertiary/aromatic N) is 1. The second-order valence-corrected chi connectivity index (χ2v) is 8.12. The van der Waals surface area contributed by atoms with Crippen molar-refractivity contribution in [1.29, 1.82) is 0 Å². The summed E-state index contributed by atoms with van der Waals surface area (Å²) in [6.07, 6.45) is -0.770. The minimum Gasteiger partial charge on any atom is -0.444 e. The summed E-state index contributed by atoms with van der Waals surface area (Å²) in [5.74, 6) is -1.78. The highest BCUT2D eigenvalue weighted by Crippen LogP contribution is 2.15. The molecule has 4 N–H and O–H groups in total. The monoisotopic (exact) mass is 451 g/mol. The Labute approximate surface area is 185 Å². The fraction of sp³-hybridized carbons (Fsp3) is 0.500. The first-order valence-electron chi connectivity index (χ1n) is 9.85. The average Bonchev–Trinajstić information content (AvgIpc) is 2.66. The normalized spacial score (nSPS) is 13.7. The Morgan fingerprint density at radius 2 is 1.28 bits per heavy atom. The molecule has 0 aliphatic carbocycles. The molecule has 1 rings (SSSR count). The van der Waals surface area contributed by atoms with Crippen LogP contribution in [0.15, 0.2) is 24.3 Å². The number of hydrogen-bond donors (Lipinski definition) is 4. The van der Waals surface area contributed by atoms with Crippen LogP contribution in [0.4, 0.5) is 16.2 Å². The van der Waals surface area contributed by atoms with Crippen molar-refractivity contribution in [1.82, 2.24) is 16.0 Å². The van der Waals surface area contributed by atoms with E-state index in [9.17, 15) is 29.3 Å². The lowest BCUT2D eigenvalue weighted by molar-refractivity contribution is -0.384. The van der Waals surface area contributed by atoms with Gasteiger partial charge in [0, 0.05) is 17.8 Å². The van der Waals surface area contributed by atoms with Crippen LogP contribution >= 0.6 is 0 Å². The van der Waals surface area contributed by atoms with Crippen LogP contribution in [0, 0.1) is 10.1 Å². The van der Waals surface area contributed by atoms with Gasteiger partial charge in [0.15, 0.2) is 0 Å². The van der Waals surface area contributed by atoms with Crippen molar-refractivity contribution in [3.63, 3.8) is 0 Å². The quantitative estimate of drug-likeness (QED) is 0.342. The fourth-order valence-electron chi connectivity index (χ4n) is 2.27. The Morgan fingerprint density at radius 1 is 0.844 bits per heavy atom. The summed E-state index contributed by atoms with van der Waals surface area (Å²) in [4.78, 5) is 58.6. The zero-order valence-electron chi connectivity index (χ0n) is 18.8. The summed E-state index contributed by atoms with van der Waals surface area (Å²) in [5.41, 5.74) is -0.520. The number of non-ortho nitro benzene ring substituents is 1. The molecule has 0 aliphatic rings. The molecule has 0 bridgehead atoms. The summed E-state index contributed by atoms with van der Waals surface area (Å²) < 4.78 is 5.07. The molecule has 0 unspecified atom stereocenters. The summed E-state index contributed by atoms with van der Waals surface area (Å²) in [5, 5.41) is 20.5. The van der Waals surface area contributed by atoms with Crippen LogP contribution < -0.4 is 21.3 Å². The number of rotatable bonds is 8. The molecule has 0 spiro atoms. The Kier molecular flexibility index (Phi) is 9.11. The SMILES string of the molecule is C[C@@H](NC(=O)OC(C)(C)C)C(=O)N[C@H](C)C(=O)N[C@H](C)C(=O)Nc1ccc([N+](=O)[O-])cc1. The van der Waals surface area contributed by atoms with Crippen LogP contribution in [0.25, 0.3) is 0 Å². The molecule has 176 valence electrons. The Hall–Kier alpha value is -3.70. The number of hydrogen-bond acceptors (Lipinski definition) is 7. The van der Waals surface area contributed by atoms with Gasteiger partial charge in [-0.15, -0.1) is 0 Å². The maximum atomic E-state index is 12.3. The third kappa shape index (κ3) is 8.98. The minimum atomic E-state index is -0.986. The van der Waals surface area contributed by atoms with Crippen molar-refractivity contribution >= 4 is 35.2 Å². The standard InChI is InChI=1S/C20H29N5O7/c1-11(21-17(27)13(3)23-19(29)32-20(4,5)6)16(26)22-12(2)18(28)24-14-7-9-15(10-8-14)25(30)31/h7-13H,1-6H3,(H,21,27)(H,22,26)(H,23,29)(H,24,28)/t11-,12-,13-/m1/s1. The zero-order valence-corrected chi connectivity index (χ0v) is 18.8. The first kappa shape index (κ1) is 26.3. The number of carbonyl (C=O) groups excluding carboxylic acids is 4. The number of ether oxygens (including phenoxy) is 1. The molecule has 12 nitrogen and oxygen atoms in total. The highest BCUT2D eigenvalue weighted by molar-refractivity contribution is 5.98. The first-order valence-corrected chi connectivity index (χ1v) is 9.85. The molecule has 0 radical (unpaired) electrons. The van der Waals surface area contributed by atoms with Gasteiger partial charge < -0.3 is 26.0 Å². The molecule has 32 heavy (non-hydrogen) atoms. The van der Waals surface area contributed by atoms with E-state index < -0.39 is 52.5 Å². The van der Waals surface area contributed by atoms with Gasteiger partial charge in [-0.3, -0.25) is 24.5 Å². The molecular formula is C20H29N5O7. The maximum absolute atomic E-state index is 12.3. The number of carbonyl (C=O) groups is 4. The smallest absolute Gasteiger partial charge is 0.408 e. The highest BCUT2D eigenvalue weighted by atomic mass is 16.6. The molecule has 12 heteroatoms. The van der Waals surface area contributed by atoms with E-state index in [0.717, 1.165) is 0 Å². The number of nitro groups is 1. The molecule has 0 aliphatic heterocycles. The van der Waals surface area contributed by atoms with E-state index in [1.54, 1.807) is 20.8 Å². The molecule has 1 aromatic rings. The number of alkyl carbamates (subject to hydrolysis) is 1. The van der Waals surface area contributed by atoms with Crippen LogP contribution in [-0.4, -0.2) is 52.5 Å². The average molecular weight is 451 g/mol. The van der Waals surface area contributed by atoms with Gasteiger partial charge in [0.2, 0.25) is 17.7 Å².